The molecule has 0 aromatic rings. The molecule has 3 N–H and O–H groups in total. The van der Waals surface area contributed by atoms with Gasteiger partial charge in [0.15, 0.2) is 0 Å². The Morgan fingerprint density at radius 2 is 1.50 bits per heavy atom. The van der Waals surface area contributed by atoms with E-state index in [1.165, 1.54) is 44.9 Å². The van der Waals surface area contributed by atoms with E-state index in [-0.39, 0.29) is 6.61 Å². The van der Waals surface area contributed by atoms with Crippen LogP contribution in [0.2, 0.25) is 0 Å². The van der Waals surface area contributed by atoms with Crippen LogP contribution >= 0.6 is 11.8 Å². The average Bonchev–Trinajstić information content (AvgIpc) is 2.48. The highest BCUT2D eigenvalue weighted by atomic mass is 32.2. The van der Waals surface area contributed by atoms with Crippen molar-refractivity contribution in [3.8, 4) is 0 Å². The molecule has 1 heterocycles. The molecule has 1 aliphatic heterocycles. The zero-order valence-corrected chi connectivity index (χ0v) is 14.9. The van der Waals surface area contributed by atoms with Gasteiger partial charge in [-0.2, -0.15) is 0 Å². The van der Waals surface area contributed by atoms with E-state index in [2.05, 4.69) is 13.8 Å². The summed E-state index contributed by atoms with van der Waals surface area (Å²) in [5.74, 6) is 1.76. The Kier molecular flexibility index (Phi) is 10.7. The molecule has 0 unspecified atom stereocenters. The summed E-state index contributed by atoms with van der Waals surface area (Å²) in [6, 6.07) is 0. The Balaban J connectivity index is 1.91. The number of ether oxygens (including phenoxy) is 1. The lowest BCUT2D eigenvalue weighted by Gasteiger charge is -2.34. The van der Waals surface area contributed by atoms with Crippen molar-refractivity contribution in [1.82, 2.24) is 0 Å². The molecule has 22 heavy (non-hydrogen) atoms. The number of thioether (sulfide) groups is 1. The molecule has 0 aromatic carbocycles. The second-order valence-electron chi connectivity index (χ2n) is 6.78. The lowest BCUT2D eigenvalue weighted by molar-refractivity contribution is -0.161. The summed E-state index contributed by atoms with van der Waals surface area (Å²) in [5.41, 5.74) is -0.408. The highest BCUT2D eigenvalue weighted by Gasteiger charge is 2.37. The van der Waals surface area contributed by atoms with Gasteiger partial charge in [0.05, 0.1) is 6.61 Å². The molecule has 1 saturated heterocycles. The van der Waals surface area contributed by atoms with E-state index in [1.54, 1.807) is 11.8 Å². The van der Waals surface area contributed by atoms with Gasteiger partial charge in [0.2, 0.25) is 0 Å². The van der Waals surface area contributed by atoms with Crippen molar-refractivity contribution < 1.29 is 20.1 Å². The van der Waals surface area contributed by atoms with Crippen LogP contribution in [-0.4, -0.2) is 51.4 Å². The van der Waals surface area contributed by atoms with Crippen molar-refractivity contribution in [3.63, 3.8) is 0 Å². The second-order valence-corrected chi connectivity index (χ2v) is 7.98. The molecule has 0 radical (unpaired) electrons. The first kappa shape index (κ1) is 20.2. The number of aliphatic hydroxyl groups is 3. The van der Waals surface area contributed by atoms with Gasteiger partial charge < -0.3 is 20.1 Å². The Bertz CT molecular complexity index is 275. The Morgan fingerprint density at radius 1 is 0.909 bits per heavy atom. The normalized spacial score (nSPS) is 29.2. The summed E-state index contributed by atoms with van der Waals surface area (Å²) in [7, 11) is 0. The molecule has 0 aromatic heterocycles. The van der Waals surface area contributed by atoms with Gasteiger partial charge in [0, 0.05) is 0 Å². The van der Waals surface area contributed by atoms with Crippen LogP contribution in [-0.2, 0) is 4.74 Å². The summed E-state index contributed by atoms with van der Waals surface area (Å²) < 4.78 is 5.37. The van der Waals surface area contributed by atoms with E-state index in [0.29, 0.717) is 0 Å². The molecule has 0 aliphatic carbocycles. The van der Waals surface area contributed by atoms with Crippen molar-refractivity contribution in [1.29, 1.82) is 0 Å². The summed E-state index contributed by atoms with van der Waals surface area (Å²) >= 11 is 1.54. The van der Waals surface area contributed by atoms with Gasteiger partial charge in [-0.05, 0) is 18.1 Å². The quantitative estimate of drug-likeness (QED) is 0.507. The summed E-state index contributed by atoms with van der Waals surface area (Å²) in [4.78, 5) is 0. The molecule has 0 spiro atoms. The second kappa shape index (κ2) is 11.7. The molecule has 5 heteroatoms. The third-order valence-electron chi connectivity index (χ3n) is 4.16. The van der Waals surface area contributed by atoms with E-state index in [4.69, 9.17) is 4.74 Å². The summed E-state index contributed by atoms with van der Waals surface area (Å²) in [5, 5.41) is 28.8. The average molecular weight is 335 g/mol. The van der Waals surface area contributed by atoms with Crippen LogP contribution in [0.4, 0.5) is 0 Å². The van der Waals surface area contributed by atoms with Crippen LogP contribution in [0.3, 0.4) is 0 Å². The van der Waals surface area contributed by atoms with Crippen LogP contribution in [0.1, 0.15) is 65.2 Å². The predicted molar refractivity (Wildman–Crippen MR) is 92.0 cm³/mol. The maximum absolute atomic E-state index is 9.81. The lowest BCUT2D eigenvalue weighted by atomic mass is 10.0. The third kappa shape index (κ3) is 8.16. The molecule has 0 saturated carbocycles. The molecule has 1 fully saturated rings. The minimum Gasteiger partial charge on any atom is -0.388 e. The predicted octanol–water partition coefficient (Wildman–Crippen LogP) is 2.94. The van der Waals surface area contributed by atoms with E-state index in [0.717, 1.165) is 18.1 Å². The smallest absolute Gasteiger partial charge is 0.131 e. The van der Waals surface area contributed by atoms with E-state index < -0.39 is 23.7 Å². The van der Waals surface area contributed by atoms with Crippen molar-refractivity contribution in [2.75, 3.05) is 12.4 Å². The van der Waals surface area contributed by atoms with Crippen molar-refractivity contribution in [2.45, 2.75) is 89.0 Å². The van der Waals surface area contributed by atoms with Gasteiger partial charge in [0.1, 0.15) is 23.7 Å². The highest BCUT2D eigenvalue weighted by molar-refractivity contribution is 7.99. The fourth-order valence-corrected chi connectivity index (χ4v) is 3.80. The molecular formula is C17H34O4S. The molecular weight excluding hydrogens is 300 g/mol. The van der Waals surface area contributed by atoms with Crippen LogP contribution in [0, 0.1) is 5.92 Å². The van der Waals surface area contributed by atoms with Crippen molar-refractivity contribution >= 4 is 11.8 Å². The van der Waals surface area contributed by atoms with Gasteiger partial charge in [-0.25, -0.2) is 0 Å². The van der Waals surface area contributed by atoms with Crippen LogP contribution in [0.15, 0.2) is 0 Å². The van der Waals surface area contributed by atoms with Crippen LogP contribution in [0.25, 0.3) is 0 Å². The summed E-state index contributed by atoms with van der Waals surface area (Å²) in [6.45, 7) is 4.67. The number of unbranched alkanes of at least 4 members (excludes halogenated alkanes) is 6. The fourth-order valence-electron chi connectivity index (χ4n) is 2.66. The highest BCUT2D eigenvalue weighted by Crippen LogP contribution is 2.25. The largest absolute Gasteiger partial charge is 0.388 e. The van der Waals surface area contributed by atoms with Crippen LogP contribution in [0.5, 0.6) is 0 Å². The van der Waals surface area contributed by atoms with E-state index >= 15 is 0 Å². The monoisotopic (exact) mass is 334 g/mol. The topological polar surface area (TPSA) is 69.9 Å². The first-order valence-electron chi connectivity index (χ1n) is 8.79. The van der Waals surface area contributed by atoms with E-state index in [1.807, 2.05) is 0 Å². The minimum absolute atomic E-state index is 0.103. The molecule has 0 bridgehead atoms. The third-order valence-corrected chi connectivity index (χ3v) is 5.43. The van der Waals surface area contributed by atoms with E-state index in [9.17, 15) is 15.3 Å². The molecule has 4 atom stereocenters. The van der Waals surface area contributed by atoms with Gasteiger partial charge >= 0.3 is 0 Å². The van der Waals surface area contributed by atoms with Crippen molar-refractivity contribution in [3.05, 3.63) is 0 Å². The first-order valence-corrected chi connectivity index (χ1v) is 9.84. The maximum atomic E-state index is 9.81. The molecule has 0 amide bonds. The zero-order valence-electron chi connectivity index (χ0n) is 14.1. The maximum Gasteiger partial charge on any atom is 0.131 e. The SMILES string of the molecule is CC(C)CCCCCCCCCS[C@@H]1OC[C@@H](O)[C@H](O)[C@H]1O. The standard InChI is InChI=1S/C17H34O4S/c1-13(2)10-8-6-4-3-5-7-9-11-22-17-16(20)15(19)14(18)12-21-17/h13-20H,3-12H2,1-2H3/t14-,15+,16-,17+/m1/s1. The van der Waals surface area contributed by atoms with Gasteiger partial charge in [0.25, 0.3) is 0 Å². The lowest BCUT2D eigenvalue weighted by Crippen LogP contribution is -2.51. The molecule has 132 valence electrons. The molecule has 1 rings (SSSR count). The van der Waals surface area contributed by atoms with Gasteiger partial charge in [-0.1, -0.05) is 58.8 Å². The van der Waals surface area contributed by atoms with Gasteiger partial charge in [-0.3, -0.25) is 0 Å². The van der Waals surface area contributed by atoms with Crippen LogP contribution < -0.4 is 0 Å². The Labute approximate surface area is 139 Å². The first-order chi connectivity index (χ1) is 10.5. The minimum atomic E-state index is -1.09. The summed E-state index contributed by atoms with van der Waals surface area (Å²) in [6.07, 6.45) is 7.28. The number of hydrogen-bond acceptors (Lipinski definition) is 5. The fraction of sp³-hybridized carbons (Fsp3) is 1.00. The Morgan fingerprint density at radius 3 is 2.14 bits per heavy atom. The number of rotatable bonds is 11. The van der Waals surface area contributed by atoms with Gasteiger partial charge in [-0.15, -0.1) is 11.8 Å². The number of hydrogen-bond donors (Lipinski definition) is 3. The zero-order chi connectivity index (χ0) is 16.4. The molecule has 4 nitrogen and oxygen atoms in total. The number of aliphatic hydroxyl groups excluding tert-OH is 3. The Hall–Kier alpha value is 0.190. The molecule has 1 aliphatic rings. The van der Waals surface area contributed by atoms with Crippen molar-refractivity contribution in [2.24, 2.45) is 5.92 Å².